The van der Waals surface area contributed by atoms with E-state index in [2.05, 4.69) is 36.3 Å². The molecule has 0 saturated heterocycles. The average Bonchev–Trinajstić information content (AvgIpc) is 2.63. The van der Waals surface area contributed by atoms with Crippen molar-refractivity contribution in [1.29, 1.82) is 0 Å². The third-order valence-electron chi connectivity index (χ3n) is 4.32. The lowest BCUT2D eigenvalue weighted by molar-refractivity contribution is 0.0942. The fraction of sp³-hybridized carbons (Fsp3) is 0.143. The summed E-state index contributed by atoms with van der Waals surface area (Å²) in [5.41, 5.74) is 4.60. The molecular formula is C21H20N2O2. The predicted molar refractivity (Wildman–Crippen MR) is 98.7 cm³/mol. The predicted octanol–water partition coefficient (Wildman–Crippen LogP) is 3.51. The lowest BCUT2D eigenvalue weighted by Gasteiger charge is -2.21. The van der Waals surface area contributed by atoms with Gasteiger partial charge in [-0.3, -0.25) is 9.59 Å². The number of rotatable bonds is 4. The van der Waals surface area contributed by atoms with Gasteiger partial charge in [0.1, 0.15) is 0 Å². The molecule has 2 N–H and O–H groups in total. The van der Waals surface area contributed by atoms with E-state index in [9.17, 15) is 9.59 Å². The Morgan fingerprint density at radius 3 is 2.32 bits per heavy atom. The number of carbonyl (C=O) groups excluding carboxylic acids is 1. The van der Waals surface area contributed by atoms with Crippen molar-refractivity contribution in [3.63, 3.8) is 0 Å². The molecule has 0 aliphatic rings. The average molecular weight is 332 g/mol. The number of hydrogen-bond acceptors (Lipinski definition) is 2. The molecule has 0 saturated carbocycles. The molecule has 1 heterocycles. The van der Waals surface area contributed by atoms with Gasteiger partial charge in [-0.1, -0.05) is 48.5 Å². The van der Waals surface area contributed by atoms with Gasteiger partial charge in [0.15, 0.2) is 0 Å². The van der Waals surface area contributed by atoms with E-state index in [4.69, 9.17) is 0 Å². The minimum Gasteiger partial charge on any atom is -0.341 e. The van der Waals surface area contributed by atoms with Crippen LogP contribution in [0.2, 0.25) is 0 Å². The zero-order chi connectivity index (χ0) is 17.8. The zero-order valence-corrected chi connectivity index (χ0v) is 14.2. The van der Waals surface area contributed by atoms with Gasteiger partial charge in [-0.15, -0.1) is 0 Å². The fourth-order valence-electron chi connectivity index (χ4n) is 2.72. The number of aryl methyl sites for hydroxylation is 2. The molecule has 1 atom stereocenters. The monoisotopic (exact) mass is 332 g/mol. The molecule has 0 fully saturated rings. The van der Waals surface area contributed by atoms with E-state index in [1.54, 1.807) is 0 Å². The van der Waals surface area contributed by atoms with E-state index >= 15 is 0 Å². The number of H-pyrrole nitrogens is 1. The van der Waals surface area contributed by atoms with Crippen molar-refractivity contribution in [1.82, 2.24) is 10.3 Å². The molecule has 1 amide bonds. The Hall–Kier alpha value is -3.14. The first-order valence-electron chi connectivity index (χ1n) is 8.16. The smallest absolute Gasteiger partial charge is 0.253 e. The zero-order valence-electron chi connectivity index (χ0n) is 14.2. The molecule has 126 valence electrons. The van der Waals surface area contributed by atoms with Crippen LogP contribution in [-0.2, 0) is 0 Å². The maximum atomic E-state index is 12.6. The van der Waals surface area contributed by atoms with Crippen LogP contribution in [-0.4, -0.2) is 10.9 Å². The molecule has 4 nitrogen and oxygen atoms in total. The van der Waals surface area contributed by atoms with Crippen molar-refractivity contribution in [2.45, 2.75) is 19.9 Å². The van der Waals surface area contributed by atoms with E-state index < -0.39 is 0 Å². The van der Waals surface area contributed by atoms with Gasteiger partial charge < -0.3 is 10.3 Å². The summed E-state index contributed by atoms with van der Waals surface area (Å²) in [5.74, 6) is -0.233. The number of hydrogen-bond donors (Lipinski definition) is 2. The molecular weight excluding hydrogens is 312 g/mol. The van der Waals surface area contributed by atoms with Gasteiger partial charge in [0.05, 0.1) is 11.6 Å². The second-order valence-corrected chi connectivity index (χ2v) is 6.10. The number of benzene rings is 2. The highest BCUT2D eigenvalue weighted by Gasteiger charge is 2.18. The van der Waals surface area contributed by atoms with Crippen LogP contribution in [0, 0.1) is 13.8 Å². The van der Waals surface area contributed by atoms with Crippen molar-refractivity contribution >= 4 is 5.91 Å². The summed E-state index contributed by atoms with van der Waals surface area (Å²) < 4.78 is 0. The normalized spacial score (nSPS) is 11.8. The van der Waals surface area contributed by atoms with Crippen LogP contribution in [0.4, 0.5) is 0 Å². The van der Waals surface area contributed by atoms with Crippen LogP contribution in [0.15, 0.2) is 71.7 Å². The van der Waals surface area contributed by atoms with E-state index in [0.717, 1.165) is 11.1 Å². The molecule has 0 spiro atoms. The first-order valence-corrected chi connectivity index (χ1v) is 8.16. The van der Waals surface area contributed by atoms with Crippen LogP contribution >= 0.6 is 0 Å². The van der Waals surface area contributed by atoms with Crippen molar-refractivity contribution in [3.05, 3.63) is 105 Å². The molecule has 0 radical (unpaired) electrons. The van der Waals surface area contributed by atoms with Crippen molar-refractivity contribution in [2.24, 2.45) is 0 Å². The topological polar surface area (TPSA) is 62.0 Å². The summed E-state index contributed by atoms with van der Waals surface area (Å²) in [6.07, 6.45) is 1.43. The first kappa shape index (κ1) is 16.7. The van der Waals surface area contributed by atoms with Gasteiger partial charge >= 0.3 is 0 Å². The van der Waals surface area contributed by atoms with E-state index in [1.165, 1.54) is 29.5 Å². The fourth-order valence-corrected chi connectivity index (χ4v) is 2.72. The van der Waals surface area contributed by atoms with Crippen molar-refractivity contribution in [3.8, 4) is 0 Å². The van der Waals surface area contributed by atoms with Gasteiger partial charge in [-0.2, -0.15) is 0 Å². The van der Waals surface area contributed by atoms with Crippen LogP contribution in [0.25, 0.3) is 0 Å². The molecule has 0 aliphatic heterocycles. The standard InChI is InChI=1S/C21H20N2O2/c1-14-8-9-17(12-15(14)2)20(16-6-4-3-5-7-16)23-21(25)18-10-11-19(24)22-13-18/h3-13,20H,1-2H3,(H,22,24)(H,23,25). The second kappa shape index (κ2) is 7.18. The van der Waals surface area contributed by atoms with Crippen molar-refractivity contribution in [2.75, 3.05) is 0 Å². The lowest BCUT2D eigenvalue weighted by atomic mass is 9.95. The van der Waals surface area contributed by atoms with Crippen LogP contribution in [0.1, 0.15) is 38.7 Å². The molecule has 0 bridgehead atoms. The molecule has 2 aromatic carbocycles. The minimum absolute atomic E-state index is 0.231. The summed E-state index contributed by atoms with van der Waals surface area (Å²) in [7, 11) is 0. The number of nitrogens with one attached hydrogen (secondary N) is 2. The van der Waals surface area contributed by atoms with Gasteiger partial charge in [-0.05, 0) is 42.2 Å². The summed E-state index contributed by atoms with van der Waals surface area (Å²) >= 11 is 0. The SMILES string of the molecule is Cc1ccc(C(NC(=O)c2ccc(=O)[nH]c2)c2ccccc2)cc1C. The van der Waals surface area contributed by atoms with Gasteiger partial charge in [-0.25, -0.2) is 0 Å². The van der Waals surface area contributed by atoms with E-state index in [0.29, 0.717) is 5.56 Å². The van der Waals surface area contributed by atoms with E-state index in [1.807, 2.05) is 36.4 Å². The molecule has 0 aliphatic carbocycles. The number of pyridine rings is 1. The highest BCUT2D eigenvalue weighted by Crippen LogP contribution is 2.24. The molecule has 4 heteroatoms. The highest BCUT2D eigenvalue weighted by atomic mass is 16.2. The van der Waals surface area contributed by atoms with Crippen LogP contribution in [0.3, 0.4) is 0 Å². The lowest BCUT2D eigenvalue weighted by Crippen LogP contribution is -2.29. The second-order valence-electron chi connectivity index (χ2n) is 6.10. The van der Waals surface area contributed by atoms with Crippen molar-refractivity contribution < 1.29 is 4.79 Å². The van der Waals surface area contributed by atoms with Gasteiger partial charge in [0.25, 0.3) is 5.91 Å². The molecule has 1 aromatic heterocycles. The van der Waals surface area contributed by atoms with Gasteiger partial charge in [0.2, 0.25) is 5.56 Å². The third kappa shape index (κ3) is 3.86. The maximum Gasteiger partial charge on any atom is 0.253 e. The number of aromatic nitrogens is 1. The number of aromatic amines is 1. The highest BCUT2D eigenvalue weighted by molar-refractivity contribution is 5.94. The Balaban J connectivity index is 1.96. The Morgan fingerprint density at radius 2 is 1.68 bits per heavy atom. The third-order valence-corrected chi connectivity index (χ3v) is 4.32. The summed E-state index contributed by atoms with van der Waals surface area (Å²) in [6.45, 7) is 4.13. The summed E-state index contributed by atoms with van der Waals surface area (Å²) in [4.78, 5) is 26.4. The maximum absolute atomic E-state index is 12.6. The molecule has 3 rings (SSSR count). The summed E-state index contributed by atoms with van der Waals surface area (Å²) in [6, 6.07) is 18.6. The Kier molecular flexibility index (Phi) is 4.80. The Bertz CT molecular complexity index is 925. The molecule has 1 unspecified atom stereocenters. The quantitative estimate of drug-likeness (QED) is 0.768. The Morgan fingerprint density at radius 1 is 0.920 bits per heavy atom. The molecule has 25 heavy (non-hydrogen) atoms. The first-order chi connectivity index (χ1) is 12.0. The summed E-state index contributed by atoms with van der Waals surface area (Å²) in [5, 5.41) is 3.07. The van der Waals surface area contributed by atoms with Crippen LogP contribution < -0.4 is 10.9 Å². The van der Waals surface area contributed by atoms with Gasteiger partial charge in [0, 0.05) is 12.3 Å². The minimum atomic E-state index is -0.264. The van der Waals surface area contributed by atoms with Crippen LogP contribution in [0.5, 0.6) is 0 Å². The number of amides is 1. The largest absolute Gasteiger partial charge is 0.341 e. The van der Waals surface area contributed by atoms with E-state index in [-0.39, 0.29) is 17.5 Å². The molecule has 3 aromatic rings. The number of carbonyl (C=O) groups is 1. The Labute approximate surface area is 146 Å².